The molecule has 3 aromatic rings. The van der Waals surface area contributed by atoms with E-state index in [0.717, 1.165) is 36.6 Å². The molecule has 162 valence electrons. The van der Waals surface area contributed by atoms with Crippen molar-refractivity contribution in [2.45, 2.75) is 43.0 Å². The topological polar surface area (TPSA) is 97.4 Å². The molecule has 0 saturated heterocycles. The number of anilines is 1. The van der Waals surface area contributed by atoms with Gasteiger partial charge < -0.3 is 10.1 Å². The van der Waals surface area contributed by atoms with Crippen molar-refractivity contribution >= 4 is 32.5 Å². The Hall–Kier alpha value is -3.13. The Kier molecular flexibility index (Phi) is 6.08. The van der Waals surface area contributed by atoms with Crippen LogP contribution in [0.1, 0.15) is 42.5 Å². The van der Waals surface area contributed by atoms with E-state index < -0.39 is 10.0 Å². The molecule has 0 unspecified atom stereocenters. The Morgan fingerprint density at radius 1 is 1.06 bits per heavy atom. The number of ether oxygens (including phenoxy) is 1. The minimum absolute atomic E-state index is 0.0977. The number of carbonyl (C=O) groups excluding carboxylic acids is 1. The van der Waals surface area contributed by atoms with E-state index in [-0.39, 0.29) is 28.2 Å². The fraction of sp³-hybridized carbons (Fsp3) is 0.304. The number of pyridine rings is 1. The SMILES string of the molecule is COc1ccc(C(=O)NC2CCCCC2)cc1S(=O)(=O)Nc1cnc2ccccc2c1. The van der Waals surface area contributed by atoms with Crippen LogP contribution in [0.25, 0.3) is 10.9 Å². The second-order valence-electron chi connectivity index (χ2n) is 7.70. The van der Waals surface area contributed by atoms with Crippen molar-refractivity contribution in [2.75, 3.05) is 11.8 Å². The summed E-state index contributed by atoms with van der Waals surface area (Å²) in [6.45, 7) is 0. The summed E-state index contributed by atoms with van der Waals surface area (Å²) in [5.74, 6) is -0.117. The summed E-state index contributed by atoms with van der Waals surface area (Å²) >= 11 is 0. The molecule has 0 spiro atoms. The van der Waals surface area contributed by atoms with Crippen molar-refractivity contribution < 1.29 is 17.9 Å². The molecule has 0 radical (unpaired) electrons. The normalized spacial score (nSPS) is 14.9. The number of amides is 1. The van der Waals surface area contributed by atoms with Gasteiger partial charge in [-0.3, -0.25) is 14.5 Å². The van der Waals surface area contributed by atoms with E-state index in [4.69, 9.17) is 4.74 Å². The zero-order valence-electron chi connectivity index (χ0n) is 17.3. The summed E-state index contributed by atoms with van der Waals surface area (Å²) < 4.78 is 34.1. The first-order valence-electron chi connectivity index (χ1n) is 10.3. The Morgan fingerprint density at radius 2 is 1.84 bits per heavy atom. The molecule has 1 aliphatic rings. The fourth-order valence-corrected chi connectivity index (χ4v) is 5.11. The largest absolute Gasteiger partial charge is 0.495 e. The Labute approximate surface area is 181 Å². The lowest BCUT2D eigenvalue weighted by Crippen LogP contribution is -2.36. The lowest BCUT2D eigenvalue weighted by Gasteiger charge is -2.23. The van der Waals surface area contributed by atoms with Crippen LogP contribution in [0.15, 0.2) is 59.6 Å². The molecule has 8 heteroatoms. The van der Waals surface area contributed by atoms with Crippen LogP contribution >= 0.6 is 0 Å². The summed E-state index contributed by atoms with van der Waals surface area (Å²) in [6.07, 6.45) is 6.74. The predicted octanol–water partition coefficient (Wildman–Crippen LogP) is 4.11. The van der Waals surface area contributed by atoms with Gasteiger partial charge in [-0.25, -0.2) is 8.42 Å². The summed E-state index contributed by atoms with van der Waals surface area (Å²) in [7, 11) is -2.61. The van der Waals surface area contributed by atoms with Crippen LogP contribution < -0.4 is 14.8 Å². The Balaban J connectivity index is 1.61. The number of nitrogens with one attached hydrogen (secondary N) is 2. The molecule has 7 nitrogen and oxygen atoms in total. The number of nitrogens with zero attached hydrogens (tertiary/aromatic N) is 1. The van der Waals surface area contributed by atoms with Crippen LogP contribution in [0.5, 0.6) is 5.75 Å². The van der Waals surface area contributed by atoms with Crippen molar-refractivity contribution in [3.8, 4) is 5.75 Å². The molecule has 31 heavy (non-hydrogen) atoms. The lowest BCUT2D eigenvalue weighted by atomic mass is 9.95. The lowest BCUT2D eigenvalue weighted by molar-refractivity contribution is 0.0927. The minimum Gasteiger partial charge on any atom is -0.495 e. The van der Waals surface area contributed by atoms with Crippen LogP contribution in [0.3, 0.4) is 0 Å². The molecule has 1 aliphatic carbocycles. The van der Waals surface area contributed by atoms with Gasteiger partial charge in [0.05, 0.1) is 24.5 Å². The molecule has 1 heterocycles. The maximum absolute atomic E-state index is 13.1. The third-order valence-corrected chi connectivity index (χ3v) is 6.90. The molecule has 1 fully saturated rings. The molecule has 1 aromatic heterocycles. The summed E-state index contributed by atoms with van der Waals surface area (Å²) in [5.41, 5.74) is 1.38. The molecule has 1 amide bonds. The van der Waals surface area contributed by atoms with Crippen LogP contribution in [0.2, 0.25) is 0 Å². The predicted molar refractivity (Wildman–Crippen MR) is 120 cm³/mol. The summed E-state index contributed by atoms with van der Waals surface area (Å²) in [5, 5.41) is 3.83. The number of methoxy groups -OCH3 is 1. The van der Waals surface area contributed by atoms with Gasteiger partial charge in [0.1, 0.15) is 10.6 Å². The fourth-order valence-electron chi connectivity index (χ4n) is 3.88. The first-order chi connectivity index (χ1) is 15.0. The van der Waals surface area contributed by atoms with Crippen LogP contribution in [0.4, 0.5) is 5.69 Å². The number of aromatic nitrogens is 1. The van der Waals surface area contributed by atoms with Crippen molar-refractivity contribution in [2.24, 2.45) is 0 Å². The molecule has 2 aromatic carbocycles. The van der Waals surface area contributed by atoms with E-state index >= 15 is 0 Å². The minimum atomic E-state index is -4.01. The molecule has 0 bridgehead atoms. The van der Waals surface area contributed by atoms with Gasteiger partial charge in [-0.05, 0) is 43.2 Å². The van der Waals surface area contributed by atoms with E-state index in [0.29, 0.717) is 5.69 Å². The number of sulfonamides is 1. The van der Waals surface area contributed by atoms with Crippen LogP contribution in [-0.2, 0) is 10.0 Å². The second kappa shape index (κ2) is 8.93. The molecule has 0 atom stereocenters. The van der Waals surface area contributed by atoms with Gasteiger partial charge >= 0.3 is 0 Å². The highest BCUT2D eigenvalue weighted by atomic mass is 32.2. The zero-order chi connectivity index (χ0) is 21.8. The maximum Gasteiger partial charge on any atom is 0.265 e. The molecule has 1 saturated carbocycles. The van der Waals surface area contributed by atoms with Gasteiger partial charge in [0.2, 0.25) is 0 Å². The zero-order valence-corrected chi connectivity index (χ0v) is 18.1. The summed E-state index contributed by atoms with van der Waals surface area (Å²) in [6, 6.07) is 13.7. The molecule has 2 N–H and O–H groups in total. The van der Waals surface area contributed by atoms with E-state index in [9.17, 15) is 13.2 Å². The highest BCUT2D eigenvalue weighted by Gasteiger charge is 2.23. The Bertz CT molecular complexity index is 1200. The van der Waals surface area contributed by atoms with Gasteiger partial charge in [-0.15, -0.1) is 0 Å². The maximum atomic E-state index is 13.1. The third-order valence-electron chi connectivity index (χ3n) is 5.50. The first kappa shape index (κ1) is 21.1. The first-order valence-corrected chi connectivity index (χ1v) is 11.8. The van der Waals surface area contributed by atoms with Gasteiger partial charge in [0.15, 0.2) is 0 Å². The van der Waals surface area contributed by atoms with Gasteiger partial charge in [0, 0.05) is 17.0 Å². The van der Waals surface area contributed by atoms with E-state index in [1.807, 2.05) is 24.3 Å². The second-order valence-corrected chi connectivity index (χ2v) is 9.35. The third kappa shape index (κ3) is 4.80. The van der Waals surface area contributed by atoms with Crippen LogP contribution in [-0.4, -0.2) is 32.5 Å². The van der Waals surface area contributed by atoms with E-state index in [2.05, 4.69) is 15.0 Å². The van der Waals surface area contributed by atoms with E-state index in [1.165, 1.54) is 31.9 Å². The number of hydrogen-bond acceptors (Lipinski definition) is 5. The number of hydrogen-bond donors (Lipinski definition) is 2. The summed E-state index contributed by atoms with van der Waals surface area (Å²) in [4.78, 5) is 16.9. The van der Waals surface area contributed by atoms with Crippen LogP contribution in [0, 0.1) is 0 Å². The molecule has 4 rings (SSSR count). The average molecular weight is 440 g/mol. The van der Waals surface area contributed by atoms with Crippen molar-refractivity contribution in [1.29, 1.82) is 0 Å². The number of benzene rings is 2. The molecular formula is C23H25N3O4S. The quantitative estimate of drug-likeness (QED) is 0.602. The monoisotopic (exact) mass is 439 g/mol. The van der Waals surface area contributed by atoms with Gasteiger partial charge in [0.25, 0.3) is 15.9 Å². The molecule has 0 aliphatic heterocycles. The van der Waals surface area contributed by atoms with Gasteiger partial charge in [-0.2, -0.15) is 0 Å². The number of para-hydroxylation sites is 1. The highest BCUT2D eigenvalue weighted by Crippen LogP contribution is 2.28. The van der Waals surface area contributed by atoms with Crippen molar-refractivity contribution in [3.63, 3.8) is 0 Å². The van der Waals surface area contributed by atoms with Gasteiger partial charge in [-0.1, -0.05) is 37.5 Å². The Morgan fingerprint density at radius 3 is 2.61 bits per heavy atom. The molecular weight excluding hydrogens is 414 g/mol. The van der Waals surface area contributed by atoms with Crippen molar-refractivity contribution in [1.82, 2.24) is 10.3 Å². The number of carbonyl (C=O) groups is 1. The number of fused-ring (bicyclic) bond motifs is 1. The number of rotatable bonds is 6. The standard InChI is InChI=1S/C23H25N3O4S/c1-30-21-12-11-17(23(27)25-18-8-3-2-4-9-18)14-22(21)31(28,29)26-19-13-16-7-5-6-10-20(16)24-15-19/h5-7,10-15,18,26H,2-4,8-9H2,1H3,(H,25,27). The van der Waals surface area contributed by atoms with Crippen molar-refractivity contribution in [3.05, 3.63) is 60.3 Å². The van der Waals surface area contributed by atoms with E-state index in [1.54, 1.807) is 12.1 Å². The smallest absolute Gasteiger partial charge is 0.265 e. The highest BCUT2D eigenvalue weighted by molar-refractivity contribution is 7.92. The average Bonchev–Trinajstić information content (AvgIpc) is 2.79.